The van der Waals surface area contributed by atoms with Crippen LogP contribution >= 0.6 is 0 Å². The first kappa shape index (κ1) is 33.2. The molecule has 0 unspecified atom stereocenters. The SMILES string of the molecule is CC(C)C[C@H](N)C(=O)N1CCC[C@H]1C(=O)NCCCNc1cccc2c1C(=O)c1ccccc1C2=O.O=C(O)C(F)(F)F. The van der Waals surface area contributed by atoms with Gasteiger partial charge in [-0.3, -0.25) is 19.2 Å². The standard InChI is InChI=1S/C28H34N4O4.C2HF3O2/c1-17(2)16-21(29)28(36)32-15-6-12-23(32)27(35)31-14-7-13-30-22-11-5-10-20-24(22)26(34)19-9-4-3-8-18(19)25(20)33;3-2(4,5)1(6)7/h3-5,8-11,17,21,23,30H,6-7,12-16,29H2,1-2H3,(H,31,35);(H,6,7)/t21-,23-;/m0./s1. The summed E-state index contributed by atoms with van der Waals surface area (Å²) in [4.78, 5) is 62.0. The molecule has 2 aromatic carbocycles. The zero-order valence-electron chi connectivity index (χ0n) is 23.9. The number of carbonyl (C=O) groups excluding carboxylic acids is 4. The maximum atomic E-state index is 13.1. The third-order valence-corrected chi connectivity index (χ3v) is 7.04. The van der Waals surface area contributed by atoms with Crippen molar-refractivity contribution in [2.75, 3.05) is 25.0 Å². The molecule has 0 radical (unpaired) electrons. The van der Waals surface area contributed by atoms with Gasteiger partial charge in [-0.05, 0) is 37.7 Å². The summed E-state index contributed by atoms with van der Waals surface area (Å²) in [6, 6.07) is 11.0. The molecule has 0 bridgehead atoms. The number of amides is 2. The van der Waals surface area contributed by atoms with E-state index in [1.54, 1.807) is 47.4 Å². The van der Waals surface area contributed by atoms with Crippen molar-refractivity contribution in [3.8, 4) is 0 Å². The number of hydrogen-bond donors (Lipinski definition) is 4. The molecule has 13 heteroatoms. The number of benzene rings is 2. The van der Waals surface area contributed by atoms with Gasteiger partial charge in [-0.15, -0.1) is 0 Å². The first-order chi connectivity index (χ1) is 20.2. The van der Waals surface area contributed by atoms with Crippen molar-refractivity contribution in [1.82, 2.24) is 10.2 Å². The van der Waals surface area contributed by atoms with Crippen molar-refractivity contribution in [3.05, 3.63) is 64.7 Å². The fraction of sp³-hybridized carbons (Fsp3) is 0.433. The molecule has 4 rings (SSSR count). The monoisotopic (exact) mass is 604 g/mol. The minimum atomic E-state index is -5.08. The zero-order chi connectivity index (χ0) is 31.9. The molecule has 1 heterocycles. The summed E-state index contributed by atoms with van der Waals surface area (Å²) in [6.45, 7) is 5.53. The van der Waals surface area contributed by atoms with Crippen molar-refractivity contribution in [2.45, 2.75) is 57.8 Å². The van der Waals surface area contributed by atoms with Gasteiger partial charge in [-0.2, -0.15) is 13.2 Å². The number of halogens is 3. The van der Waals surface area contributed by atoms with Crippen LogP contribution in [0.1, 0.15) is 71.4 Å². The fourth-order valence-electron chi connectivity index (χ4n) is 5.06. The van der Waals surface area contributed by atoms with E-state index < -0.39 is 24.2 Å². The summed E-state index contributed by atoms with van der Waals surface area (Å²) < 4.78 is 31.7. The van der Waals surface area contributed by atoms with E-state index in [0.29, 0.717) is 72.8 Å². The van der Waals surface area contributed by atoms with Crippen molar-refractivity contribution in [3.63, 3.8) is 0 Å². The van der Waals surface area contributed by atoms with E-state index in [1.165, 1.54) is 0 Å². The van der Waals surface area contributed by atoms with Gasteiger partial charge in [-0.25, -0.2) is 4.79 Å². The van der Waals surface area contributed by atoms with E-state index in [0.717, 1.165) is 6.42 Å². The number of carboxylic acid groups (broad SMARTS) is 1. The molecule has 1 aliphatic carbocycles. The van der Waals surface area contributed by atoms with Crippen LogP contribution in [0.4, 0.5) is 18.9 Å². The Kier molecular flexibility index (Phi) is 11.0. The second kappa shape index (κ2) is 14.3. The average Bonchev–Trinajstić information content (AvgIpc) is 3.45. The van der Waals surface area contributed by atoms with Gasteiger partial charge in [0.25, 0.3) is 0 Å². The highest BCUT2D eigenvalue weighted by atomic mass is 19.4. The molecule has 2 aliphatic rings. The second-order valence-electron chi connectivity index (χ2n) is 10.7. The molecule has 232 valence electrons. The number of alkyl halides is 3. The summed E-state index contributed by atoms with van der Waals surface area (Å²) >= 11 is 0. The number of nitrogens with two attached hydrogens (primary N) is 1. The van der Waals surface area contributed by atoms with Gasteiger partial charge in [0.05, 0.1) is 11.6 Å². The lowest BCUT2D eigenvalue weighted by Gasteiger charge is -2.27. The number of carbonyl (C=O) groups is 5. The Labute approximate surface area is 246 Å². The average molecular weight is 605 g/mol. The molecule has 10 nitrogen and oxygen atoms in total. The number of anilines is 1. The van der Waals surface area contributed by atoms with Crippen molar-refractivity contribution >= 4 is 35.0 Å². The van der Waals surface area contributed by atoms with Crippen LogP contribution in [0.5, 0.6) is 0 Å². The number of carboxylic acids is 1. The van der Waals surface area contributed by atoms with Crippen LogP contribution in [0.3, 0.4) is 0 Å². The lowest BCUT2D eigenvalue weighted by Crippen LogP contribution is -2.51. The highest BCUT2D eigenvalue weighted by molar-refractivity contribution is 6.30. The Bertz CT molecular complexity index is 1380. The van der Waals surface area contributed by atoms with E-state index in [2.05, 4.69) is 10.6 Å². The van der Waals surface area contributed by atoms with Crippen molar-refractivity contribution in [2.24, 2.45) is 11.7 Å². The van der Waals surface area contributed by atoms with Gasteiger partial charge in [0.15, 0.2) is 11.6 Å². The van der Waals surface area contributed by atoms with E-state index in [4.69, 9.17) is 15.6 Å². The Morgan fingerprint density at radius 1 is 1.00 bits per heavy atom. The van der Waals surface area contributed by atoms with Gasteiger partial charge in [0, 0.05) is 42.0 Å². The summed E-state index contributed by atoms with van der Waals surface area (Å²) in [5.41, 5.74) is 8.32. The Morgan fingerprint density at radius 3 is 2.21 bits per heavy atom. The van der Waals surface area contributed by atoms with Gasteiger partial charge < -0.3 is 26.4 Å². The van der Waals surface area contributed by atoms with Crippen LogP contribution in [0.15, 0.2) is 42.5 Å². The quantitative estimate of drug-likeness (QED) is 0.271. The van der Waals surface area contributed by atoms with Gasteiger partial charge in [-0.1, -0.05) is 50.2 Å². The Morgan fingerprint density at radius 2 is 1.60 bits per heavy atom. The lowest BCUT2D eigenvalue weighted by atomic mass is 9.83. The number of nitrogens with one attached hydrogen (secondary N) is 2. The molecule has 0 spiro atoms. The molecular weight excluding hydrogens is 569 g/mol. The highest BCUT2D eigenvalue weighted by Crippen LogP contribution is 2.32. The first-order valence-corrected chi connectivity index (χ1v) is 13.9. The molecule has 2 amide bonds. The number of likely N-dealkylation sites (tertiary alicyclic amines) is 1. The second-order valence-corrected chi connectivity index (χ2v) is 10.7. The maximum absolute atomic E-state index is 13.1. The van der Waals surface area contributed by atoms with Crippen LogP contribution in [0, 0.1) is 5.92 Å². The van der Waals surface area contributed by atoms with Crippen LogP contribution in [-0.2, 0) is 14.4 Å². The van der Waals surface area contributed by atoms with E-state index in [1.807, 2.05) is 13.8 Å². The van der Waals surface area contributed by atoms with Gasteiger partial charge in [0.2, 0.25) is 11.8 Å². The smallest absolute Gasteiger partial charge is 0.475 e. The number of nitrogens with zero attached hydrogens (tertiary/aromatic N) is 1. The summed E-state index contributed by atoms with van der Waals surface area (Å²) in [6.07, 6.45) is -2.45. The van der Waals surface area contributed by atoms with E-state index in [-0.39, 0.29) is 23.4 Å². The molecule has 43 heavy (non-hydrogen) atoms. The normalized spacial score (nSPS) is 16.5. The molecule has 2 aromatic rings. The number of ketones is 2. The Hall–Kier alpha value is -4.26. The number of rotatable bonds is 9. The molecule has 2 atom stereocenters. The van der Waals surface area contributed by atoms with E-state index in [9.17, 15) is 32.3 Å². The number of aliphatic carboxylic acids is 1. The molecular formula is C30H35F3N4O6. The largest absolute Gasteiger partial charge is 0.490 e. The minimum absolute atomic E-state index is 0.153. The van der Waals surface area contributed by atoms with Crippen molar-refractivity contribution in [1.29, 1.82) is 0 Å². The highest BCUT2D eigenvalue weighted by Gasteiger charge is 2.38. The van der Waals surface area contributed by atoms with Crippen molar-refractivity contribution < 1.29 is 42.3 Å². The van der Waals surface area contributed by atoms with Crippen LogP contribution in [0.25, 0.3) is 0 Å². The molecule has 1 aliphatic heterocycles. The third-order valence-electron chi connectivity index (χ3n) is 7.04. The number of fused-ring (bicyclic) bond motifs is 2. The molecule has 1 saturated heterocycles. The fourth-order valence-corrected chi connectivity index (χ4v) is 5.06. The molecule has 5 N–H and O–H groups in total. The molecule has 0 aromatic heterocycles. The van der Waals surface area contributed by atoms with Crippen LogP contribution < -0.4 is 16.4 Å². The lowest BCUT2D eigenvalue weighted by molar-refractivity contribution is -0.192. The topological polar surface area (TPSA) is 159 Å². The van der Waals surface area contributed by atoms with Crippen LogP contribution in [0.2, 0.25) is 0 Å². The van der Waals surface area contributed by atoms with Gasteiger partial charge in [0.1, 0.15) is 6.04 Å². The first-order valence-electron chi connectivity index (χ1n) is 13.9. The summed E-state index contributed by atoms with van der Waals surface area (Å²) in [5.74, 6) is -3.08. The Balaban J connectivity index is 0.000000646. The summed E-state index contributed by atoms with van der Waals surface area (Å²) in [7, 11) is 0. The zero-order valence-corrected chi connectivity index (χ0v) is 23.9. The summed E-state index contributed by atoms with van der Waals surface area (Å²) in [5, 5.41) is 13.3. The third kappa shape index (κ3) is 8.19. The number of hydrogen-bond acceptors (Lipinski definition) is 7. The predicted octanol–water partition coefficient (Wildman–Crippen LogP) is 3.38. The van der Waals surface area contributed by atoms with Crippen LogP contribution in [-0.4, -0.2) is 77.3 Å². The minimum Gasteiger partial charge on any atom is -0.475 e. The molecule has 1 fully saturated rings. The van der Waals surface area contributed by atoms with E-state index >= 15 is 0 Å². The van der Waals surface area contributed by atoms with Gasteiger partial charge >= 0.3 is 12.1 Å². The molecule has 0 saturated carbocycles. The predicted molar refractivity (Wildman–Crippen MR) is 152 cm³/mol. The maximum Gasteiger partial charge on any atom is 0.490 e.